The van der Waals surface area contributed by atoms with Crippen LogP contribution in [0.15, 0.2) is 0 Å². The number of carbonyl (C=O) groups is 1. The summed E-state index contributed by atoms with van der Waals surface area (Å²) in [5, 5.41) is 2.88. The van der Waals surface area contributed by atoms with Gasteiger partial charge < -0.3 is 10.1 Å². The maximum atomic E-state index is 11.5. The number of hydrogen-bond acceptors (Lipinski definition) is 5. The first-order valence-electron chi connectivity index (χ1n) is 4.98. The molecule has 1 unspecified atom stereocenters. The van der Waals surface area contributed by atoms with Crippen LogP contribution in [0.4, 0.5) is 0 Å². The molecule has 0 bridgehead atoms. The highest BCUT2D eigenvalue weighted by Gasteiger charge is 2.21. The Morgan fingerprint density at radius 1 is 1.40 bits per heavy atom. The molecule has 1 N–H and O–H groups in total. The molecule has 6 heteroatoms. The van der Waals surface area contributed by atoms with Gasteiger partial charge in [0.05, 0.1) is 12.4 Å². The Bertz CT molecular complexity index is 282. The van der Waals surface area contributed by atoms with Crippen LogP contribution in [0.1, 0.15) is 20.3 Å². The maximum Gasteiger partial charge on any atom is 0.321 e. The Labute approximate surface area is 91.1 Å². The number of esters is 1. The molecule has 0 aromatic heterocycles. The van der Waals surface area contributed by atoms with E-state index in [1.54, 1.807) is 14.0 Å². The van der Waals surface area contributed by atoms with Crippen molar-refractivity contribution in [2.45, 2.75) is 26.3 Å². The third kappa shape index (κ3) is 6.46. The lowest BCUT2D eigenvalue weighted by Crippen LogP contribution is -2.35. The lowest BCUT2D eigenvalue weighted by atomic mass is 10.3. The van der Waals surface area contributed by atoms with Crippen LogP contribution >= 0.6 is 0 Å². The molecule has 0 fully saturated rings. The van der Waals surface area contributed by atoms with Crippen molar-refractivity contribution in [2.75, 3.05) is 25.2 Å². The summed E-state index contributed by atoms with van der Waals surface area (Å²) >= 11 is 0. The molecule has 0 aliphatic rings. The Morgan fingerprint density at radius 3 is 2.40 bits per heavy atom. The van der Waals surface area contributed by atoms with Crippen molar-refractivity contribution in [3.8, 4) is 0 Å². The van der Waals surface area contributed by atoms with Gasteiger partial charge in [0.15, 0.2) is 9.84 Å². The highest BCUT2D eigenvalue weighted by molar-refractivity contribution is 7.92. The van der Waals surface area contributed by atoms with Gasteiger partial charge >= 0.3 is 5.97 Å². The maximum absolute atomic E-state index is 11.5. The third-order valence-corrected chi connectivity index (χ3v) is 3.59. The molecule has 0 aromatic rings. The molecule has 15 heavy (non-hydrogen) atoms. The van der Waals surface area contributed by atoms with Crippen molar-refractivity contribution in [3.05, 3.63) is 0 Å². The topological polar surface area (TPSA) is 72.5 Å². The summed E-state index contributed by atoms with van der Waals surface area (Å²) in [6.45, 7) is 3.74. The fraction of sp³-hybridized carbons (Fsp3) is 0.889. The summed E-state index contributed by atoms with van der Waals surface area (Å²) in [7, 11) is -1.66. The minimum Gasteiger partial charge on any atom is -0.465 e. The first-order chi connectivity index (χ1) is 6.95. The average Bonchev–Trinajstić information content (AvgIpc) is 2.13. The molecule has 0 radical (unpaired) electrons. The average molecular weight is 237 g/mol. The molecule has 5 nitrogen and oxygen atoms in total. The summed E-state index contributed by atoms with van der Waals surface area (Å²) in [4.78, 5) is 11.0. The second-order valence-electron chi connectivity index (χ2n) is 3.25. The van der Waals surface area contributed by atoms with Gasteiger partial charge in [0, 0.05) is 6.04 Å². The van der Waals surface area contributed by atoms with Crippen LogP contribution < -0.4 is 5.32 Å². The van der Waals surface area contributed by atoms with Crippen LogP contribution in [-0.4, -0.2) is 45.6 Å². The van der Waals surface area contributed by atoms with Gasteiger partial charge in [-0.15, -0.1) is 0 Å². The fourth-order valence-electron chi connectivity index (χ4n) is 1.15. The normalized spacial score (nSPS) is 13.5. The van der Waals surface area contributed by atoms with E-state index in [0.717, 1.165) is 0 Å². The third-order valence-electron chi connectivity index (χ3n) is 2.00. The minimum absolute atomic E-state index is 0.0290. The summed E-state index contributed by atoms with van der Waals surface area (Å²) < 4.78 is 27.6. The number of nitrogens with one attached hydrogen (secondary N) is 1. The summed E-state index contributed by atoms with van der Waals surface area (Å²) in [6.07, 6.45) is 0.707. The smallest absolute Gasteiger partial charge is 0.321 e. The molecule has 0 heterocycles. The summed E-state index contributed by atoms with van der Waals surface area (Å²) in [6, 6.07) is -0.107. The summed E-state index contributed by atoms with van der Waals surface area (Å²) in [5.74, 6) is -1.24. The van der Waals surface area contributed by atoms with E-state index in [1.165, 1.54) is 0 Å². The van der Waals surface area contributed by atoms with E-state index in [9.17, 15) is 13.2 Å². The van der Waals surface area contributed by atoms with Gasteiger partial charge in [-0.2, -0.15) is 0 Å². The van der Waals surface area contributed by atoms with E-state index >= 15 is 0 Å². The molecule has 90 valence electrons. The van der Waals surface area contributed by atoms with E-state index in [-0.39, 0.29) is 18.4 Å². The first kappa shape index (κ1) is 14.4. The van der Waals surface area contributed by atoms with Crippen LogP contribution in [0, 0.1) is 0 Å². The van der Waals surface area contributed by atoms with E-state index in [2.05, 4.69) is 10.1 Å². The second kappa shape index (κ2) is 6.79. The Balaban J connectivity index is 4.24. The molecule has 0 amide bonds. The first-order valence-corrected chi connectivity index (χ1v) is 6.80. The molecular formula is C9H19NO4S. The van der Waals surface area contributed by atoms with Crippen LogP contribution in [0.5, 0.6) is 0 Å². The second-order valence-corrected chi connectivity index (χ2v) is 5.36. The highest BCUT2D eigenvalue weighted by atomic mass is 32.2. The van der Waals surface area contributed by atoms with E-state index in [0.29, 0.717) is 6.42 Å². The molecule has 0 aliphatic carbocycles. The van der Waals surface area contributed by atoms with Crippen LogP contribution in [0.3, 0.4) is 0 Å². The van der Waals surface area contributed by atoms with E-state index < -0.39 is 21.6 Å². The number of ether oxygens (including phenoxy) is 1. The molecule has 0 saturated heterocycles. The predicted octanol–water partition coefficient (Wildman–Crippen LogP) is -0.0377. The van der Waals surface area contributed by atoms with Crippen molar-refractivity contribution in [1.29, 1.82) is 0 Å². The molecular weight excluding hydrogens is 218 g/mol. The molecule has 0 aliphatic heterocycles. The van der Waals surface area contributed by atoms with Crippen molar-refractivity contribution < 1.29 is 17.9 Å². The van der Waals surface area contributed by atoms with Crippen LogP contribution in [0.2, 0.25) is 0 Å². The van der Waals surface area contributed by atoms with Gasteiger partial charge in [0.2, 0.25) is 0 Å². The zero-order valence-corrected chi connectivity index (χ0v) is 10.3. The fourth-order valence-corrected chi connectivity index (χ4v) is 2.73. The number of sulfone groups is 1. The number of carbonyl (C=O) groups excluding carboxylic acids is 1. The largest absolute Gasteiger partial charge is 0.465 e. The minimum atomic E-state index is -3.36. The zero-order chi connectivity index (χ0) is 11.9. The molecule has 0 rings (SSSR count). The van der Waals surface area contributed by atoms with Crippen molar-refractivity contribution in [3.63, 3.8) is 0 Å². The van der Waals surface area contributed by atoms with Crippen LogP contribution in [-0.2, 0) is 19.4 Å². The molecule has 0 aromatic carbocycles. The SMILES string of the molecule is CCOC(=O)CS(=O)(=O)CC(CC)NC. The van der Waals surface area contributed by atoms with Crippen molar-refractivity contribution in [2.24, 2.45) is 0 Å². The lowest BCUT2D eigenvalue weighted by Gasteiger charge is -2.13. The van der Waals surface area contributed by atoms with E-state index in [1.807, 2.05) is 6.92 Å². The molecule has 0 saturated carbocycles. The van der Waals surface area contributed by atoms with Gasteiger partial charge in [-0.1, -0.05) is 6.92 Å². The Morgan fingerprint density at radius 2 is 2.00 bits per heavy atom. The number of hydrogen-bond donors (Lipinski definition) is 1. The zero-order valence-electron chi connectivity index (χ0n) is 9.45. The van der Waals surface area contributed by atoms with Gasteiger partial charge in [-0.3, -0.25) is 4.79 Å². The quantitative estimate of drug-likeness (QED) is 0.629. The van der Waals surface area contributed by atoms with Crippen molar-refractivity contribution >= 4 is 15.8 Å². The van der Waals surface area contributed by atoms with E-state index in [4.69, 9.17) is 0 Å². The van der Waals surface area contributed by atoms with Gasteiger partial charge in [0.1, 0.15) is 5.75 Å². The Kier molecular flexibility index (Phi) is 6.51. The predicted molar refractivity (Wildman–Crippen MR) is 58.4 cm³/mol. The molecule has 1 atom stereocenters. The van der Waals surface area contributed by atoms with Gasteiger partial charge in [-0.05, 0) is 20.4 Å². The number of rotatable bonds is 7. The Hall–Kier alpha value is -0.620. The highest BCUT2D eigenvalue weighted by Crippen LogP contribution is 1.99. The van der Waals surface area contributed by atoms with Gasteiger partial charge in [-0.25, -0.2) is 8.42 Å². The lowest BCUT2D eigenvalue weighted by molar-refractivity contribution is -0.139. The summed E-state index contributed by atoms with van der Waals surface area (Å²) in [5.41, 5.74) is 0. The standard InChI is InChI=1S/C9H19NO4S/c1-4-8(10-3)6-15(12,13)7-9(11)14-5-2/h8,10H,4-7H2,1-3H3. The van der Waals surface area contributed by atoms with Gasteiger partial charge in [0.25, 0.3) is 0 Å². The molecule has 0 spiro atoms. The van der Waals surface area contributed by atoms with Crippen LogP contribution in [0.25, 0.3) is 0 Å². The van der Waals surface area contributed by atoms with Crippen molar-refractivity contribution in [1.82, 2.24) is 5.32 Å². The monoisotopic (exact) mass is 237 g/mol.